The molecule has 4 N–H and O–H groups in total. The fourth-order valence-corrected chi connectivity index (χ4v) is 3.22. The lowest BCUT2D eigenvalue weighted by atomic mass is 10.1. The Morgan fingerprint density at radius 1 is 0.839 bits per heavy atom. The highest BCUT2D eigenvalue weighted by molar-refractivity contribution is 6.07. The maximum atomic E-state index is 12.5. The number of nitrogens with zero attached hydrogens (tertiary/aromatic N) is 2. The number of anilines is 1. The zero-order valence-electron chi connectivity index (χ0n) is 16.9. The molecule has 31 heavy (non-hydrogen) atoms. The van der Waals surface area contributed by atoms with Gasteiger partial charge in [-0.25, -0.2) is 10.3 Å². The Labute approximate surface area is 180 Å². The van der Waals surface area contributed by atoms with Gasteiger partial charge in [0.25, 0.3) is 5.91 Å². The van der Waals surface area contributed by atoms with Gasteiger partial charge in [0.05, 0.1) is 0 Å². The van der Waals surface area contributed by atoms with E-state index in [0.717, 1.165) is 16.8 Å². The largest absolute Gasteiger partial charge is 0.368 e. The van der Waals surface area contributed by atoms with Gasteiger partial charge in [-0.05, 0) is 47.5 Å². The van der Waals surface area contributed by atoms with E-state index >= 15 is 0 Å². The molecule has 0 atom stereocenters. The van der Waals surface area contributed by atoms with Crippen molar-refractivity contribution < 1.29 is 19.6 Å². The van der Waals surface area contributed by atoms with Crippen molar-refractivity contribution in [3.63, 3.8) is 0 Å². The molecule has 0 aliphatic carbocycles. The number of amides is 3. The van der Waals surface area contributed by atoms with E-state index in [1.807, 2.05) is 24.3 Å². The van der Waals surface area contributed by atoms with E-state index in [1.54, 1.807) is 41.3 Å². The summed E-state index contributed by atoms with van der Waals surface area (Å²) in [5, 5.41) is 8.47. The summed E-state index contributed by atoms with van der Waals surface area (Å²) in [5.74, 6) is -0.706. The Morgan fingerprint density at radius 3 is 1.90 bits per heavy atom. The summed E-state index contributed by atoms with van der Waals surface area (Å²) in [7, 11) is 0. The molecular formula is C23H24N4O4. The third kappa shape index (κ3) is 6.03. The van der Waals surface area contributed by atoms with Crippen LogP contribution in [0.5, 0.6) is 0 Å². The van der Waals surface area contributed by atoms with Gasteiger partial charge in [-0.1, -0.05) is 30.3 Å². The average molecular weight is 420 g/mol. The lowest BCUT2D eigenvalue weighted by molar-refractivity contribution is -0.124. The zero-order valence-corrected chi connectivity index (χ0v) is 16.9. The fraction of sp³-hybridized carbons (Fsp3) is 0.174. The molecule has 8 nitrogen and oxygen atoms in total. The van der Waals surface area contributed by atoms with E-state index in [9.17, 15) is 14.4 Å². The molecule has 2 aromatic rings. The van der Waals surface area contributed by atoms with Gasteiger partial charge in [0.15, 0.2) is 5.78 Å². The van der Waals surface area contributed by atoms with Crippen molar-refractivity contribution in [2.75, 3.05) is 31.1 Å². The number of benzene rings is 2. The number of carbonyl (C=O) groups excluding carboxylic acids is 3. The number of piperazine rings is 1. The highest BCUT2D eigenvalue weighted by atomic mass is 16.5. The number of allylic oxidation sites excluding steroid dienone is 1. The van der Waals surface area contributed by atoms with Crippen molar-refractivity contribution >= 4 is 35.6 Å². The molecule has 3 rings (SSSR count). The first kappa shape index (κ1) is 21.8. The van der Waals surface area contributed by atoms with Crippen molar-refractivity contribution in [2.45, 2.75) is 0 Å². The summed E-state index contributed by atoms with van der Waals surface area (Å²) in [4.78, 5) is 38.5. The highest BCUT2D eigenvalue weighted by Crippen LogP contribution is 2.18. The number of ketones is 1. The molecule has 2 aromatic carbocycles. The number of hydrogen-bond donors (Lipinski definition) is 3. The van der Waals surface area contributed by atoms with Gasteiger partial charge in [0, 0.05) is 43.5 Å². The van der Waals surface area contributed by atoms with E-state index in [1.165, 1.54) is 17.6 Å². The maximum Gasteiger partial charge on any atom is 0.314 e. The molecular weight excluding hydrogens is 396 g/mol. The second kappa shape index (κ2) is 10.2. The molecule has 0 unspecified atom stereocenters. The Morgan fingerprint density at radius 2 is 1.39 bits per heavy atom. The molecule has 0 aromatic heterocycles. The monoisotopic (exact) mass is 420 g/mol. The summed E-state index contributed by atoms with van der Waals surface area (Å²) >= 11 is 0. The van der Waals surface area contributed by atoms with Gasteiger partial charge in [0.2, 0.25) is 0 Å². The summed E-state index contributed by atoms with van der Waals surface area (Å²) in [6, 6.07) is 14.3. The summed E-state index contributed by atoms with van der Waals surface area (Å²) < 4.78 is 0. The number of carbonyl (C=O) groups is 3. The van der Waals surface area contributed by atoms with E-state index in [0.29, 0.717) is 31.7 Å². The smallest absolute Gasteiger partial charge is 0.314 e. The van der Waals surface area contributed by atoms with Crippen molar-refractivity contribution in [1.82, 2.24) is 10.4 Å². The van der Waals surface area contributed by atoms with Crippen LogP contribution in [0.1, 0.15) is 21.5 Å². The molecule has 1 aliphatic rings. The molecule has 1 fully saturated rings. The lowest BCUT2D eigenvalue weighted by Gasteiger charge is -2.35. The van der Waals surface area contributed by atoms with Crippen molar-refractivity contribution in [3.8, 4) is 0 Å². The molecule has 0 saturated carbocycles. The SMILES string of the molecule is NC(=O)N1CCN(c2ccc(C(=O)/C=C/c3ccc(/C=C/C(=O)NO)cc3)cc2)CC1. The maximum absolute atomic E-state index is 12.5. The first-order valence-corrected chi connectivity index (χ1v) is 9.80. The number of hydroxylamine groups is 1. The summed E-state index contributed by atoms with van der Waals surface area (Å²) in [6.45, 7) is 2.57. The van der Waals surface area contributed by atoms with Gasteiger partial charge in [-0.3, -0.25) is 14.8 Å². The zero-order chi connectivity index (χ0) is 22.2. The Kier molecular flexibility index (Phi) is 7.18. The minimum absolute atomic E-state index is 0.103. The minimum Gasteiger partial charge on any atom is -0.368 e. The van der Waals surface area contributed by atoms with Gasteiger partial charge in [0.1, 0.15) is 0 Å². The quantitative estimate of drug-likeness (QED) is 0.287. The Bertz CT molecular complexity index is 989. The highest BCUT2D eigenvalue weighted by Gasteiger charge is 2.19. The second-order valence-electron chi connectivity index (χ2n) is 7.03. The van der Waals surface area contributed by atoms with Crippen LogP contribution in [0.15, 0.2) is 60.7 Å². The molecule has 1 heterocycles. The third-order valence-corrected chi connectivity index (χ3v) is 5.01. The van der Waals surface area contributed by atoms with Gasteiger partial charge < -0.3 is 15.5 Å². The topological polar surface area (TPSA) is 116 Å². The van der Waals surface area contributed by atoms with Gasteiger partial charge in [-0.15, -0.1) is 0 Å². The van der Waals surface area contributed by atoms with Crippen LogP contribution in [0.4, 0.5) is 10.5 Å². The standard InChI is InChI=1S/C23H24N4O4/c24-23(30)27-15-13-26(14-16-27)20-9-7-19(8-10-20)21(28)11-5-17-1-3-18(4-2-17)6-12-22(29)25-31/h1-12,31H,13-16H2,(H2,24,30)(H,25,29)/b11-5+,12-6+. The summed E-state index contributed by atoms with van der Waals surface area (Å²) in [5.41, 5.74) is 10.1. The van der Waals surface area contributed by atoms with Crippen LogP contribution >= 0.6 is 0 Å². The van der Waals surface area contributed by atoms with Crippen LogP contribution in [-0.2, 0) is 4.79 Å². The first-order valence-electron chi connectivity index (χ1n) is 9.80. The van der Waals surface area contributed by atoms with Crippen molar-refractivity contribution in [2.24, 2.45) is 5.73 Å². The molecule has 1 saturated heterocycles. The van der Waals surface area contributed by atoms with E-state index in [2.05, 4.69) is 4.90 Å². The van der Waals surface area contributed by atoms with Crippen LogP contribution < -0.4 is 16.1 Å². The number of rotatable bonds is 6. The number of nitrogens with one attached hydrogen (secondary N) is 1. The molecule has 160 valence electrons. The second-order valence-corrected chi connectivity index (χ2v) is 7.03. The molecule has 0 radical (unpaired) electrons. The van der Waals surface area contributed by atoms with E-state index in [4.69, 9.17) is 10.9 Å². The minimum atomic E-state index is -0.603. The number of nitrogens with two attached hydrogens (primary N) is 1. The van der Waals surface area contributed by atoms with Crippen LogP contribution in [0, 0.1) is 0 Å². The Balaban J connectivity index is 1.57. The number of primary amides is 1. The predicted molar refractivity (Wildman–Crippen MR) is 119 cm³/mol. The molecule has 1 aliphatic heterocycles. The van der Waals surface area contributed by atoms with Crippen molar-refractivity contribution in [1.29, 1.82) is 0 Å². The van der Waals surface area contributed by atoms with Crippen LogP contribution in [-0.4, -0.2) is 54.0 Å². The van der Waals surface area contributed by atoms with Crippen LogP contribution in [0.25, 0.3) is 12.2 Å². The molecule has 8 heteroatoms. The van der Waals surface area contributed by atoms with E-state index in [-0.39, 0.29) is 5.78 Å². The Hall–Kier alpha value is -3.91. The normalized spacial score (nSPS) is 14.2. The lowest BCUT2D eigenvalue weighted by Crippen LogP contribution is -2.50. The summed E-state index contributed by atoms with van der Waals surface area (Å²) in [6.07, 6.45) is 6.03. The molecule has 0 spiro atoms. The first-order chi connectivity index (χ1) is 15.0. The average Bonchev–Trinajstić information content (AvgIpc) is 2.81. The molecule has 0 bridgehead atoms. The number of hydrogen-bond acceptors (Lipinski definition) is 5. The third-order valence-electron chi connectivity index (χ3n) is 5.01. The van der Waals surface area contributed by atoms with Crippen LogP contribution in [0.3, 0.4) is 0 Å². The fourth-order valence-electron chi connectivity index (χ4n) is 3.22. The number of urea groups is 1. The van der Waals surface area contributed by atoms with E-state index < -0.39 is 11.9 Å². The predicted octanol–water partition coefficient (Wildman–Crippen LogP) is 2.30. The van der Waals surface area contributed by atoms with Crippen LogP contribution in [0.2, 0.25) is 0 Å². The van der Waals surface area contributed by atoms with Gasteiger partial charge in [-0.2, -0.15) is 0 Å². The van der Waals surface area contributed by atoms with Gasteiger partial charge >= 0.3 is 6.03 Å². The molecule has 3 amide bonds. The van der Waals surface area contributed by atoms with Crippen molar-refractivity contribution in [3.05, 3.63) is 77.4 Å².